The first-order valence-electron chi connectivity index (χ1n) is 3.00. The predicted molar refractivity (Wildman–Crippen MR) is 48.5 cm³/mol. The topological polar surface area (TPSA) is 51.8 Å². The summed E-state index contributed by atoms with van der Waals surface area (Å²) in [4.78, 5) is 7.91. The molecule has 3 nitrogen and oxygen atoms in total. The Hall–Kier alpha value is -0.390. The molecule has 1 aromatic heterocycles. The smallest absolute Gasteiger partial charge is 0.140 e. The van der Waals surface area contributed by atoms with Gasteiger partial charge in [-0.05, 0) is 29.0 Å². The molecule has 0 atom stereocenters. The fourth-order valence-corrected chi connectivity index (χ4v) is 1.33. The average molecular weight is 249 g/mol. The van der Waals surface area contributed by atoms with Gasteiger partial charge in [-0.1, -0.05) is 6.92 Å². The molecule has 0 spiro atoms. The van der Waals surface area contributed by atoms with E-state index in [1.807, 2.05) is 6.92 Å². The number of hydrogen-bond donors (Lipinski definition) is 1. The molecule has 0 bridgehead atoms. The molecule has 0 unspecified atom stereocenters. The highest BCUT2D eigenvalue weighted by molar-refractivity contribution is 14.1. The molecule has 10 heavy (non-hydrogen) atoms. The monoisotopic (exact) mass is 249 g/mol. The lowest BCUT2D eigenvalue weighted by molar-refractivity contribution is 0.987. The number of rotatable bonds is 1. The van der Waals surface area contributed by atoms with Crippen molar-refractivity contribution in [2.24, 2.45) is 0 Å². The number of halogens is 1. The molecule has 0 saturated carbocycles. The molecular weight excluding hydrogens is 241 g/mol. The van der Waals surface area contributed by atoms with Crippen LogP contribution in [-0.4, -0.2) is 9.97 Å². The number of nitrogen functional groups attached to an aromatic ring is 1. The van der Waals surface area contributed by atoms with Gasteiger partial charge < -0.3 is 5.73 Å². The van der Waals surface area contributed by atoms with Crippen LogP contribution in [0, 0.1) is 3.57 Å². The normalized spacial score (nSPS) is 9.80. The molecule has 1 aromatic rings. The maximum Gasteiger partial charge on any atom is 0.140 e. The predicted octanol–water partition coefficient (Wildman–Crippen LogP) is 1.23. The second-order valence-corrected chi connectivity index (χ2v) is 2.95. The highest BCUT2D eigenvalue weighted by atomic mass is 127. The standard InChI is InChI=1S/C6H8IN3/c1-2-4-5(7)6(8)10-3-9-4/h3H,2H2,1H3,(H2,8,9,10). The first-order chi connectivity index (χ1) is 4.75. The van der Waals surface area contributed by atoms with Gasteiger partial charge >= 0.3 is 0 Å². The van der Waals surface area contributed by atoms with Gasteiger partial charge in [0, 0.05) is 0 Å². The molecule has 0 saturated heterocycles. The molecule has 1 heterocycles. The quantitative estimate of drug-likeness (QED) is 0.761. The van der Waals surface area contributed by atoms with E-state index in [1.54, 1.807) is 0 Å². The summed E-state index contributed by atoms with van der Waals surface area (Å²) in [6.07, 6.45) is 2.40. The zero-order valence-electron chi connectivity index (χ0n) is 5.63. The maximum atomic E-state index is 5.54. The summed E-state index contributed by atoms with van der Waals surface area (Å²) in [6.45, 7) is 2.05. The first-order valence-corrected chi connectivity index (χ1v) is 4.08. The Bertz CT molecular complexity index is 236. The van der Waals surface area contributed by atoms with E-state index >= 15 is 0 Å². The SMILES string of the molecule is CCc1ncnc(N)c1I. The van der Waals surface area contributed by atoms with E-state index in [-0.39, 0.29) is 0 Å². The third-order valence-electron chi connectivity index (χ3n) is 1.22. The number of aromatic nitrogens is 2. The van der Waals surface area contributed by atoms with Gasteiger partial charge in [-0.25, -0.2) is 9.97 Å². The Morgan fingerprint density at radius 2 is 2.30 bits per heavy atom. The number of aryl methyl sites for hydroxylation is 1. The van der Waals surface area contributed by atoms with Crippen molar-refractivity contribution in [3.05, 3.63) is 15.6 Å². The van der Waals surface area contributed by atoms with Crippen LogP contribution in [0.25, 0.3) is 0 Å². The van der Waals surface area contributed by atoms with E-state index in [1.165, 1.54) is 6.33 Å². The highest BCUT2D eigenvalue weighted by Crippen LogP contribution is 2.14. The maximum absolute atomic E-state index is 5.54. The molecule has 0 aromatic carbocycles. The van der Waals surface area contributed by atoms with Crippen molar-refractivity contribution in [3.8, 4) is 0 Å². The van der Waals surface area contributed by atoms with Crippen molar-refractivity contribution in [2.45, 2.75) is 13.3 Å². The fourth-order valence-electron chi connectivity index (χ4n) is 0.668. The van der Waals surface area contributed by atoms with E-state index in [4.69, 9.17) is 5.73 Å². The van der Waals surface area contributed by atoms with Crippen LogP contribution in [-0.2, 0) is 6.42 Å². The second-order valence-electron chi connectivity index (χ2n) is 1.87. The summed E-state index contributed by atoms with van der Waals surface area (Å²) >= 11 is 2.15. The molecule has 54 valence electrons. The minimum Gasteiger partial charge on any atom is -0.383 e. The largest absolute Gasteiger partial charge is 0.383 e. The first kappa shape index (κ1) is 7.71. The van der Waals surface area contributed by atoms with Crippen LogP contribution in [0.1, 0.15) is 12.6 Å². The van der Waals surface area contributed by atoms with Crippen LogP contribution >= 0.6 is 22.6 Å². The molecule has 0 amide bonds. The van der Waals surface area contributed by atoms with E-state index in [9.17, 15) is 0 Å². The molecule has 0 radical (unpaired) electrons. The van der Waals surface area contributed by atoms with Gasteiger partial charge in [0.1, 0.15) is 12.1 Å². The molecule has 0 aliphatic heterocycles. The van der Waals surface area contributed by atoms with E-state index in [0.717, 1.165) is 15.7 Å². The van der Waals surface area contributed by atoms with Crippen molar-refractivity contribution < 1.29 is 0 Å². The Balaban J connectivity index is 3.14. The zero-order valence-corrected chi connectivity index (χ0v) is 7.79. The molecule has 1 rings (SSSR count). The summed E-state index contributed by atoms with van der Waals surface area (Å²) in [5, 5.41) is 0. The Labute approximate surface area is 73.2 Å². The lowest BCUT2D eigenvalue weighted by Gasteiger charge is -2.00. The number of hydrogen-bond acceptors (Lipinski definition) is 3. The Morgan fingerprint density at radius 3 is 2.80 bits per heavy atom. The third-order valence-corrected chi connectivity index (χ3v) is 2.40. The highest BCUT2D eigenvalue weighted by Gasteiger charge is 2.01. The van der Waals surface area contributed by atoms with Crippen LogP contribution in [0.2, 0.25) is 0 Å². The summed E-state index contributed by atoms with van der Waals surface area (Å²) in [5.41, 5.74) is 6.56. The number of nitrogens with two attached hydrogens (primary N) is 1. The summed E-state index contributed by atoms with van der Waals surface area (Å²) in [5.74, 6) is 0.576. The van der Waals surface area contributed by atoms with Gasteiger partial charge in [-0.2, -0.15) is 0 Å². The van der Waals surface area contributed by atoms with Gasteiger partial charge in [-0.15, -0.1) is 0 Å². The van der Waals surface area contributed by atoms with Crippen LogP contribution in [0.15, 0.2) is 6.33 Å². The minimum absolute atomic E-state index is 0.576. The lowest BCUT2D eigenvalue weighted by atomic mass is 10.3. The van der Waals surface area contributed by atoms with Crippen molar-refractivity contribution in [3.63, 3.8) is 0 Å². The Kier molecular flexibility index (Phi) is 2.42. The van der Waals surface area contributed by atoms with E-state index in [2.05, 4.69) is 32.6 Å². The lowest BCUT2D eigenvalue weighted by Crippen LogP contribution is -2.00. The van der Waals surface area contributed by atoms with E-state index < -0.39 is 0 Å². The van der Waals surface area contributed by atoms with E-state index in [0.29, 0.717) is 5.82 Å². The fraction of sp³-hybridized carbons (Fsp3) is 0.333. The van der Waals surface area contributed by atoms with Crippen LogP contribution in [0.3, 0.4) is 0 Å². The average Bonchev–Trinajstić information content (AvgIpc) is 1.95. The molecule has 0 aliphatic carbocycles. The molecule has 0 aliphatic rings. The summed E-state index contributed by atoms with van der Waals surface area (Å²) in [6, 6.07) is 0. The number of nitrogens with zero attached hydrogens (tertiary/aromatic N) is 2. The molecule has 2 N–H and O–H groups in total. The van der Waals surface area contributed by atoms with Gasteiger partial charge in [0.05, 0.1) is 9.26 Å². The van der Waals surface area contributed by atoms with Crippen LogP contribution in [0.4, 0.5) is 5.82 Å². The van der Waals surface area contributed by atoms with Gasteiger partial charge in [-0.3, -0.25) is 0 Å². The minimum atomic E-state index is 0.576. The third kappa shape index (κ3) is 1.36. The van der Waals surface area contributed by atoms with Crippen molar-refractivity contribution in [2.75, 3.05) is 5.73 Å². The van der Waals surface area contributed by atoms with Crippen molar-refractivity contribution in [1.82, 2.24) is 9.97 Å². The van der Waals surface area contributed by atoms with Gasteiger partial charge in [0.15, 0.2) is 0 Å². The van der Waals surface area contributed by atoms with Gasteiger partial charge in [0.25, 0.3) is 0 Å². The van der Waals surface area contributed by atoms with Gasteiger partial charge in [0.2, 0.25) is 0 Å². The number of anilines is 1. The molecule has 0 fully saturated rings. The van der Waals surface area contributed by atoms with Crippen molar-refractivity contribution >= 4 is 28.4 Å². The van der Waals surface area contributed by atoms with Crippen LogP contribution < -0.4 is 5.73 Å². The van der Waals surface area contributed by atoms with Crippen LogP contribution in [0.5, 0.6) is 0 Å². The van der Waals surface area contributed by atoms with Crippen molar-refractivity contribution in [1.29, 1.82) is 0 Å². The second kappa shape index (κ2) is 3.14. The summed E-state index contributed by atoms with van der Waals surface area (Å²) < 4.78 is 0.975. The Morgan fingerprint density at radius 1 is 1.60 bits per heavy atom. The zero-order chi connectivity index (χ0) is 7.56. The molecular formula is C6H8IN3. The summed E-state index contributed by atoms with van der Waals surface area (Å²) in [7, 11) is 0. The molecule has 4 heteroatoms.